The minimum absolute atomic E-state index is 0.132. The third-order valence-corrected chi connectivity index (χ3v) is 6.81. The first-order valence-corrected chi connectivity index (χ1v) is 12.0. The van der Waals surface area contributed by atoms with E-state index in [0.717, 1.165) is 54.8 Å². The van der Waals surface area contributed by atoms with E-state index in [1.54, 1.807) is 22.0 Å². The van der Waals surface area contributed by atoms with E-state index in [1.807, 2.05) is 14.1 Å². The summed E-state index contributed by atoms with van der Waals surface area (Å²) >= 11 is 0. The van der Waals surface area contributed by atoms with Gasteiger partial charge < -0.3 is 14.4 Å². The van der Waals surface area contributed by atoms with Gasteiger partial charge in [-0.2, -0.15) is 5.10 Å². The Hall–Kier alpha value is -2.64. The lowest BCUT2D eigenvalue weighted by Gasteiger charge is -2.24. The second-order valence-electron chi connectivity index (χ2n) is 8.97. The summed E-state index contributed by atoms with van der Waals surface area (Å²) in [7, 11) is 3.67. The monoisotopic (exact) mass is 441 g/mol. The van der Waals surface area contributed by atoms with E-state index in [-0.39, 0.29) is 24.8 Å². The number of ether oxygens (including phenoxy) is 2. The molecule has 2 fully saturated rings. The van der Waals surface area contributed by atoms with Crippen LogP contribution < -0.4 is 4.74 Å². The second kappa shape index (κ2) is 10.3. The van der Waals surface area contributed by atoms with Crippen molar-refractivity contribution in [3.63, 3.8) is 0 Å². The lowest BCUT2D eigenvalue weighted by molar-refractivity contribution is 0.0899. The van der Waals surface area contributed by atoms with Crippen molar-refractivity contribution in [3.05, 3.63) is 23.8 Å². The maximum atomic E-state index is 12.5. The van der Waals surface area contributed by atoms with E-state index in [9.17, 15) is 4.79 Å². The molecule has 8 heteroatoms. The van der Waals surface area contributed by atoms with Crippen LogP contribution >= 0.6 is 0 Å². The molecule has 8 nitrogen and oxygen atoms in total. The highest BCUT2D eigenvalue weighted by atomic mass is 16.6. The molecule has 32 heavy (non-hydrogen) atoms. The number of nitrogens with zero attached hydrogens (tertiary/aromatic N) is 5. The van der Waals surface area contributed by atoms with Crippen molar-refractivity contribution in [2.24, 2.45) is 7.05 Å². The first-order chi connectivity index (χ1) is 15.6. The minimum Gasteiger partial charge on any atom is -0.487 e. The van der Waals surface area contributed by atoms with Crippen molar-refractivity contribution < 1.29 is 14.3 Å². The number of aryl methyl sites for hydroxylation is 2. The Morgan fingerprint density at radius 2 is 1.84 bits per heavy atom. The Labute approximate surface area is 190 Å². The number of hydrogen-bond acceptors (Lipinski definition) is 6. The van der Waals surface area contributed by atoms with E-state index in [2.05, 4.69) is 17.0 Å². The fourth-order valence-corrected chi connectivity index (χ4v) is 4.74. The Morgan fingerprint density at radius 1 is 1.12 bits per heavy atom. The molecule has 0 radical (unpaired) electrons. The quantitative estimate of drug-likeness (QED) is 0.621. The molecular formula is C24H35N5O3. The maximum absolute atomic E-state index is 12.5. The molecule has 0 aromatic carbocycles. The van der Waals surface area contributed by atoms with Crippen molar-refractivity contribution >= 4 is 6.09 Å². The van der Waals surface area contributed by atoms with E-state index < -0.39 is 0 Å². The molecule has 0 N–H and O–H groups in total. The number of rotatable bonds is 7. The zero-order chi connectivity index (χ0) is 22.5. The Morgan fingerprint density at radius 3 is 2.56 bits per heavy atom. The summed E-state index contributed by atoms with van der Waals surface area (Å²) in [5.41, 5.74) is 2.46. The minimum atomic E-state index is -0.296. The maximum Gasteiger partial charge on any atom is 0.410 e. The average molecular weight is 442 g/mol. The van der Waals surface area contributed by atoms with Gasteiger partial charge in [0.25, 0.3) is 0 Å². The predicted molar refractivity (Wildman–Crippen MR) is 121 cm³/mol. The van der Waals surface area contributed by atoms with Crippen LogP contribution in [0, 0.1) is 0 Å². The molecule has 2 heterocycles. The van der Waals surface area contributed by atoms with Crippen molar-refractivity contribution in [2.45, 2.75) is 89.9 Å². The van der Waals surface area contributed by atoms with Crippen LogP contribution in [0.5, 0.6) is 5.75 Å². The molecule has 2 aromatic rings. The van der Waals surface area contributed by atoms with E-state index in [1.165, 1.54) is 32.1 Å². The van der Waals surface area contributed by atoms with Crippen LogP contribution in [0.2, 0.25) is 0 Å². The molecule has 0 spiro atoms. The lowest BCUT2D eigenvalue weighted by Crippen LogP contribution is -2.35. The Bertz CT molecular complexity index is 916. The molecule has 2 aliphatic rings. The molecule has 2 saturated carbocycles. The first-order valence-electron chi connectivity index (χ1n) is 12.0. The smallest absolute Gasteiger partial charge is 0.410 e. The molecule has 0 bridgehead atoms. The van der Waals surface area contributed by atoms with E-state index >= 15 is 0 Å². The molecule has 0 saturated heterocycles. The number of carbonyl (C=O) groups is 1. The highest BCUT2D eigenvalue weighted by molar-refractivity contribution is 5.68. The van der Waals surface area contributed by atoms with Crippen LogP contribution in [-0.4, -0.2) is 49.9 Å². The molecule has 174 valence electrons. The average Bonchev–Trinajstić information content (AvgIpc) is 3.48. The summed E-state index contributed by atoms with van der Waals surface area (Å²) in [4.78, 5) is 23.6. The molecule has 2 aliphatic carbocycles. The third kappa shape index (κ3) is 5.05. The van der Waals surface area contributed by atoms with Crippen LogP contribution in [-0.2, 0) is 24.8 Å². The van der Waals surface area contributed by atoms with E-state index in [4.69, 9.17) is 14.5 Å². The molecule has 0 aliphatic heterocycles. The van der Waals surface area contributed by atoms with Gasteiger partial charge in [0.15, 0.2) is 11.6 Å². The largest absolute Gasteiger partial charge is 0.487 e. The fourth-order valence-electron chi connectivity index (χ4n) is 4.74. The van der Waals surface area contributed by atoms with Crippen LogP contribution in [0.3, 0.4) is 0 Å². The summed E-state index contributed by atoms with van der Waals surface area (Å²) in [5, 5.41) is 4.37. The summed E-state index contributed by atoms with van der Waals surface area (Å²) < 4.78 is 13.6. The van der Waals surface area contributed by atoms with Gasteiger partial charge in [0.1, 0.15) is 6.61 Å². The zero-order valence-corrected chi connectivity index (χ0v) is 19.5. The summed E-state index contributed by atoms with van der Waals surface area (Å²) in [6, 6.07) is 0.278. The van der Waals surface area contributed by atoms with Gasteiger partial charge >= 0.3 is 6.09 Å². The number of hydrogen-bond donors (Lipinski definition) is 0. The highest BCUT2D eigenvalue weighted by Crippen LogP contribution is 2.28. The van der Waals surface area contributed by atoms with Gasteiger partial charge in [-0.3, -0.25) is 4.68 Å². The lowest BCUT2D eigenvalue weighted by atomic mass is 9.98. The van der Waals surface area contributed by atoms with Crippen LogP contribution in [0.25, 0.3) is 11.4 Å². The van der Waals surface area contributed by atoms with Crippen LogP contribution in [0.15, 0.2) is 12.4 Å². The highest BCUT2D eigenvalue weighted by Gasteiger charge is 2.25. The van der Waals surface area contributed by atoms with Crippen molar-refractivity contribution in [2.75, 3.05) is 7.05 Å². The number of amides is 1. The molecule has 2 aromatic heterocycles. The normalized spacial score (nSPS) is 17.5. The van der Waals surface area contributed by atoms with Gasteiger partial charge in [-0.1, -0.05) is 26.2 Å². The van der Waals surface area contributed by atoms with Gasteiger partial charge in [-0.15, -0.1) is 0 Å². The Kier molecular flexibility index (Phi) is 7.27. The third-order valence-electron chi connectivity index (χ3n) is 6.81. The van der Waals surface area contributed by atoms with Crippen molar-refractivity contribution in [3.8, 4) is 17.1 Å². The van der Waals surface area contributed by atoms with Gasteiger partial charge in [-0.25, -0.2) is 14.8 Å². The van der Waals surface area contributed by atoms with Gasteiger partial charge in [0.05, 0.1) is 35.4 Å². The topological polar surface area (TPSA) is 82.4 Å². The van der Waals surface area contributed by atoms with Crippen molar-refractivity contribution in [1.29, 1.82) is 0 Å². The summed E-state index contributed by atoms with van der Waals surface area (Å²) in [5.74, 6) is 1.36. The summed E-state index contributed by atoms with van der Waals surface area (Å²) in [6.45, 7) is 2.21. The SMILES string of the molecule is CCc1nc(-c2cnn(C)c2COC(=O)N(C)C2CCCC2)ncc1OC1CCCCC1. The standard InChI is InChI=1S/C24H35N5O3/c1-4-20-22(32-18-12-6-5-7-13-18)15-25-23(27-20)19-14-26-29(3)21(19)16-31-24(30)28(2)17-10-8-9-11-17/h14-15,17-18H,4-13,16H2,1-3H3. The number of carbonyl (C=O) groups excluding carboxylic acids is 1. The van der Waals surface area contributed by atoms with Crippen LogP contribution in [0.4, 0.5) is 4.79 Å². The number of aromatic nitrogens is 4. The van der Waals surface area contributed by atoms with E-state index in [0.29, 0.717) is 5.82 Å². The van der Waals surface area contributed by atoms with Gasteiger partial charge in [0.2, 0.25) is 0 Å². The molecule has 4 rings (SSSR count). The van der Waals surface area contributed by atoms with Gasteiger partial charge in [0, 0.05) is 20.1 Å². The summed E-state index contributed by atoms with van der Waals surface area (Å²) in [6.07, 6.45) is 14.6. The molecular weight excluding hydrogens is 406 g/mol. The molecule has 0 unspecified atom stereocenters. The second-order valence-corrected chi connectivity index (χ2v) is 8.97. The van der Waals surface area contributed by atoms with Gasteiger partial charge in [-0.05, 0) is 44.9 Å². The zero-order valence-electron chi connectivity index (χ0n) is 19.5. The Balaban J connectivity index is 1.47. The molecule has 0 atom stereocenters. The fraction of sp³-hybridized carbons (Fsp3) is 0.667. The van der Waals surface area contributed by atoms with Crippen LogP contribution in [0.1, 0.15) is 76.1 Å². The van der Waals surface area contributed by atoms with Crippen molar-refractivity contribution in [1.82, 2.24) is 24.6 Å². The first kappa shape index (κ1) is 22.6. The molecule has 1 amide bonds. The predicted octanol–water partition coefficient (Wildman–Crippen LogP) is 4.66.